The molecule has 0 unspecified atom stereocenters. The summed E-state index contributed by atoms with van der Waals surface area (Å²) in [4.78, 5) is 18.6. The Morgan fingerprint density at radius 1 is 1.47 bits per heavy atom. The molecular weight excluding hydrogens is 332 g/mol. The summed E-state index contributed by atoms with van der Waals surface area (Å²) in [6.45, 7) is 0. The average molecular weight is 341 g/mol. The Morgan fingerprint density at radius 2 is 2.26 bits per heavy atom. The van der Waals surface area contributed by atoms with Gasteiger partial charge in [-0.05, 0) is 28.1 Å². The average Bonchev–Trinajstić information content (AvgIpc) is 2.38. The van der Waals surface area contributed by atoms with Crippen LogP contribution in [0.5, 0.6) is 0 Å². The Morgan fingerprint density at radius 3 is 2.95 bits per heavy atom. The minimum atomic E-state index is -0.238. The second-order valence-electron chi connectivity index (χ2n) is 3.44. The first-order valence-electron chi connectivity index (χ1n) is 5.11. The molecule has 0 saturated carbocycles. The van der Waals surface area contributed by atoms with Gasteiger partial charge in [-0.1, -0.05) is 23.0 Å². The molecule has 1 aromatic carbocycles. The molecule has 0 radical (unpaired) electrons. The molecule has 0 saturated heterocycles. The number of aromatic nitrogens is 2. The summed E-state index contributed by atoms with van der Waals surface area (Å²) in [7, 11) is 0. The summed E-state index contributed by atoms with van der Waals surface area (Å²) in [5.41, 5.74) is 5.95. The predicted molar refractivity (Wildman–Crippen MR) is 75.6 cm³/mol. The molecule has 0 atom stereocenters. The third-order valence-electron chi connectivity index (χ3n) is 2.19. The summed E-state index contributed by atoms with van der Waals surface area (Å²) in [6, 6.07) is 6.70. The number of nitrogens with one attached hydrogen (secondary N) is 1. The number of amidine groups is 1. The SMILES string of the molecule is N/C(=N/O)c1c(Br)cccc1Sc1nccc(=O)[nH]1. The lowest BCUT2D eigenvalue weighted by atomic mass is 10.2. The molecule has 98 valence electrons. The van der Waals surface area contributed by atoms with Crippen molar-refractivity contribution in [2.75, 3.05) is 0 Å². The first-order valence-corrected chi connectivity index (χ1v) is 6.72. The van der Waals surface area contributed by atoms with Crippen molar-refractivity contribution in [3.05, 3.63) is 50.9 Å². The molecule has 4 N–H and O–H groups in total. The number of H-pyrrole nitrogens is 1. The van der Waals surface area contributed by atoms with Gasteiger partial charge in [-0.2, -0.15) is 0 Å². The van der Waals surface area contributed by atoms with Crippen LogP contribution in [0.3, 0.4) is 0 Å². The van der Waals surface area contributed by atoms with Crippen molar-refractivity contribution in [1.29, 1.82) is 0 Å². The van der Waals surface area contributed by atoms with Crippen LogP contribution < -0.4 is 11.3 Å². The van der Waals surface area contributed by atoms with E-state index in [2.05, 4.69) is 31.1 Å². The monoisotopic (exact) mass is 340 g/mol. The predicted octanol–water partition coefficient (Wildman–Crippen LogP) is 1.78. The minimum absolute atomic E-state index is 0.0201. The summed E-state index contributed by atoms with van der Waals surface area (Å²) in [5, 5.41) is 12.2. The largest absolute Gasteiger partial charge is 0.409 e. The zero-order chi connectivity index (χ0) is 13.8. The number of hydrogen-bond acceptors (Lipinski definition) is 5. The van der Waals surface area contributed by atoms with Crippen molar-refractivity contribution >= 4 is 33.5 Å². The quantitative estimate of drug-likeness (QED) is 0.260. The van der Waals surface area contributed by atoms with E-state index < -0.39 is 0 Å². The number of benzene rings is 1. The lowest BCUT2D eigenvalue weighted by Crippen LogP contribution is -2.15. The van der Waals surface area contributed by atoms with Gasteiger partial charge in [0.2, 0.25) is 0 Å². The van der Waals surface area contributed by atoms with E-state index >= 15 is 0 Å². The van der Waals surface area contributed by atoms with E-state index in [1.54, 1.807) is 12.1 Å². The molecule has 0 bridgehead atoms. The smallest absolute Gasteiger partial charge is 0.251 e. The van der Waals surface area contributed by atoms with Gasteiger partial charge in [0.25, 0.3) is 5.56 Å². The highest BCUT2D eigenvalue weighted by Crippen LogP contribution is 2.31. The Labute approximate surface area is 120 Å². The summed E-state index contributed by atoms with van der Waals surface area (Å²) in [5.74, 6) is -0.0201. The second-order valence-corrected chi connectivity index (χ2v) is 5.32. The van der Waals surface area contributed by atoms with E-state index in [0.717, 1.165) is 0 Å². The topological polar surface area (TPSA) is 104 Å². The molecule has 1 heterocycles. The Kier molecular flexibility index (Phi) is 4.23. The van der Waals surface area contributed by atoms with E-state index in [0.29, 0.717) is 20.1 Å². The number of oxime groups is 1. The Hall–Kier alpha value is -1.80. The molecule has 8 heteroatoms. The maximum atomic E-state index is 11.2. The molecule has 2 rings (SSSR count). The van der Waals surface area contributed by atoms with Gasteiger partial charge in [0.1, 0.15) is 0 Å². The standard InChI is InChI=1S/C11H9BrN4O2S/c12-6-2-1-3-7(9(6)10(13)16-18)19-11-14-5-4-8(17)15-11/h1-5,18H,(H2,13,16)(H,14,15,17). The van der Waals surface area contributed by atoms with Crippen LogP contribution in [0, 0.1) is 0 Å². The first kappa shape index (κ1) is 13.6. The number of halogens is 1. The van der Waals surface area contributed by atoms with Crippen LogP contribution in [-0.4, -0.2) is 21.0 Å². The fourth-order valence-electron chi connectivity index (χ4n) is 1.40. The van der Waals surface area contributed by atoms with E-state index in [4.69, 9.17) is 10.9 Å². The van der Waals surface area contributed by atoms with Crippen molar-refractivity contribution in [1.82, 2.24) is 9.97 Å². The van der Waals surface area contributed by atoms with Crippen LogP contribution >= 0.6 is 27.7 Å². The van der Waals surface area contributed by atoms with Gasteiger partial charge in [0.15, 0.2) is 11.0 Å². The van der Waals surface area contributed by atoms with Gasteiger partial charge in [-0.25, -0.2) is 4.98 Å². The van der Waals surface area contributed by atoms with Crippen LogP contribution in [0.25, 0.3) is 0 Å². The maximum Gasteiger partial charge on any atom is 0.251 e. The van der Waals surface area contributed by atoms with Crippen molar-refractivity contribution in [2.45, 2.75) is 10.1 Å². The molecule has 0 aliphatic rings. The van der Waals surface area contributed by atoms with Crippen LogP contribution in [-0.2, 0) is 0 Å². The molecule has 6 nitrogen and oxygen atoms in total. The molecule has 0 amide bonds. The van der Waals surface area contributed by atoms with Gasteiger partial charge >= 0.3 is 0 Å². The molecular formula is C11H9BrN4O2S. The third kappa shape index (κ3) is 3.15. The Balaban J connectivity index is 2.46. The fraction of sp³-hybridized carbons (Fsp3) is 0. The van der Waals surface area contributed by atoms with Gasteiger partial charge in [0.05, 0.1) is 0 Å². The number of aromatic amines is 1. The van der Waals surface area contributed by atoms with Crippen LogP contribution in [0.15, 0.2) is 54.9 Å². The molecule has 2 aromatic rings. The molecule has 0 aliphatic heterocycles. The minimum Gasteiger partial charge on any atom is -0.409 e. The lowest BCUT2D eigenvalue weighted by Gasteiger charge is -2.09. The van der Waals surface area contributed by atoms with E-state index in [9.17, 15) is 4.79 Å². The van der Waals surface area contributed by atoms with Gasteiger partial charge in [-0.3, -0.25) is 4.79 Å². The van der Waals surface area contributed by atoms with Crippen molar-refractivity contribution < 1.29 is 5.21 Å². The maximum absolute atomic E-state index is 11.2. The van der Waals surface area contributed by atoms with E-state index in [-0.39, 0.29) is 11.4 Å². The normalized spacial score (nSPS) is 11.5. The van der Waals surface area contributed by atoms with Crippen LogP contribution in [0.4, 0.5) is 0 Å². The zero-order valence-electron chi connectivity index (χ0n) is 9.50. The molecule has 19 heavy (non-hydrogen) atoms. The van der Waals surface area contributed by atoms with E-state index in [1.807, 2.05) is 6.07 Å². The fourth-order valence-corrected chi connectivity index (χ4v) is 3.03. The van der Waals surface area contributed by atoms with Gasteiger partial charge in [0, 0.05) is 27.2 Å². The highest BCUT2D eigenvalue weighted by Gasteiger charge is 2.13. The number of nitrogens with two attached hydrogens (primary N) is 1. The zero-order valence-corrected chi connectivity index (χ0v) is 11.9. The summed E-state index contributed by atoms with van der Waals surface area (Å²) < 4.78 is 0.686. The number of rotatable bonds is 3. The summed E-state index contributed by atoms with van der Waals surface area (Å²) >= 11 is 4.56. The summed E-state index contributed by atoms with van der Waals surface area (Å²) in [6.07, 6.45) is 1.42. The van der Waals surface area contributed by atoms with Crippen LogP contribution in [0.2, 0.25) is 0 Å². The lowest BCUT2D eigenvalue weighted by molar-refractivity contribution is 0.318. The van der Waals surface area contributed by atoms with Crippen molar-refractivity contribution in [3.63, 3.8) is 0 Å². The second kappa shape index (κ2) is 5.89. The highest BCUT2D eigenvalue weighted by atomic mass is 79.9. The first-order chi connectivity index (χ1) is 9.11. The van der Waals surface area contributed by atoms with E-state index in [1.165, 1.54) is 24.0 Å². The van der Waals surface area contributed by atoms with Gasteiger partial charge < -0.3 is 15.9 Å². The Bertz CT molecular complexity index is 686. The van der Waals surface area contributed by atoms with Gasteiger partial charge in [-0.15, -0.1) is 0 Å². The number of nitrogens with zero attached hydrogens (tertiary/aromatic N) is 2. The van der Waals surface area contributed by atoms with Crippen LogP contribution in [0.1, 0.15) is 5.56 Å². The van der Waals surface area contributed by atoms with Crippen molar-refractivity contribution in [2.24, 2.45) is 10.9 Å². The molecule has 1 aromatic heterocycles. The number of hydrogen-bond donors (Lipinski definition) is 3. The highest BCUT2D eigenvalue weighted by molar-refractivity contribution is 9.10. The third-order valence-corrected chi connectivity index (χ3v) is 3.82. The molecule has 0 fully saturated rings. The molecule has 0 spiro atoms. The molecule has 0 aliphatic carbocycles. The van der Waals surface area contributed by atoms with Crippen molar-refractivity contribution in [3.8, 4) is 0 Å².